The first-order chi connectivity index (χ1) is 11.6. The van der Waals surface area contributed by atoms with E-state index in [2.05, 4.69) is 9.44 Å². The maximum absolute atomic E-state index is 12.6. The van der Waals surface area contributed by atoms with Crippen molar-refractivity contribution in [1.82, 2.24) is 9.44 Å². The Morgan fingerprint density at radius 1 is 1.04 bits per heavy atom. The highest BCUT2D eigenvalue weighted by Gasteiger charge is 2.28. The third-order valence-electron chi connectivity index (χ3n) is 4.73. The molecule has 0 bridgehead atoms. The molecule has 0 atom stereocenters. The van der Waals surface area contributed by atoms with Crippen molar-refractivity contribution in [2.45, 2.75) is 60.8 Å². The highest BCUT2D eigenvalue weighted by molar-refractivity contribution is 7.90. The topological polar surface area (TPSA) is 118 Å². The maximum atomic E-state index is 12.6. The van der Waals surface area contributed by atoms with Crippen molar-refractivity contribution in [3.8, 4) is 0 Å². The Balaban J connectivity index is 0.00000338. The van der Waals surface area contributed by atoms with Crippen LogP contribution in [0.3, 0.4) is 0 Å². The van der Waals surface area contributed by atoms with Gasteiger partial charge in [-0.1, -0.05) is 25.7 Å². The first-order valence-corrected chi connectivity index (χ1v) is 11.4. The van der Waals surface area contributed by atoms with E-state index in [1.165, 1.54) is 25.2 Å². The van der Waals surface area contributed by atoms with Crippen LogP contribution < -0.4 is 15.2 Å². The quantitative estimate of drug-likeness (QED) is 0.599. The molecule has 10 heteroatoms. The molecule has 1 aromatic carbocycles. The summed E-state index contributed by atoms with van der Waals surface area (Å²) >= 11 is 0. The number of nitrogens with two attached hydrogens (primary N) is 1. The lowest BCUT2D eigenvalue weighted by Gasteiger charge is -2.28. The number of halogens is 1. The Kier molecular flexibility index (Phi) is 8.06. The van der Waals surface area contributed by atoms with Crippen LogP contribution in [0.2, 0.25) is 0 Å². The molecule has 1 aliphatic carbocycles. The lowest BCUT2D eigenvalue weighted by molar-refractivity contribution is 0.369. The average molecular weight is 426 g/mol. The molecule has 0 amide bonds. The predicted octanol–water partition coefficient (Wildman–Crippen LogP) is 1.65. The second-order valence-electron chi connectivity index (χ2n) is 6.74. The van der Waals surface area contributed by atoms with Gasteiger partial charge in [0, 0.05) is 12.1 Å². The van der Waals surface area contributed by atoms with Gasteiger partial charge in [-0.15, -0.1) is 12.4 Å². The summed E-state index contributed by atoms with van der Waals surface area (Å²) in [5.74, 6) is 0. The summed E-state index contributed by atoms with van der Waals surface area (Å²) < 4.78 is 53.7. The highest BCUT2D eigenvalue weighted by Crippen LogP contribution is 2.25. The minimum absolute atomic E-state index is 0. The van der Waals surface area contributed by atoms with Gasteiger partial charge in [0.25, 0.3) is 0 Å². The van der Waals surface area contributed by atoms with E-state index >= 15 is 0 Å². The van der Waals surface area contributed by atoms with Gasteiger partial charge in [0.15, 0.2) is 0 Å². The van der Waals surface area contributed by atoms with Gasteiger partial charge >= 0.3 is 0 Å². The van der Waals surface area contributed by atoms with Crippen LogP contribution >= 0.6 is 12.4 Å². The first kappa shape index (κ1) is 23.3. The normalized spacial score (nSPS) is 18.0. The van der Waals surface area contributed by atoms with E-state index < -0.39 is 25.6 Å². The molecule has 0 aromatic heterocycles. The van der Waals surface area contributed by atoms with Gasteiger partial charge in [-0.05, 0) is 50.6 Å². The number of sulfonamides is 2. The third-order valence-corrected chi connectivity index (χ3v) is 7.70. The lowest BCUT2D eigenvalue weighted by Crippen LogP contribution is -2.49. The molecular weight excluding hydrogens is 398 g/mol. The van der Waals surface area contributed by atoms with E-state index in [4.69, 9.17) is 5.73 Å². The van der Waals surface area contributed by atoms with Crippen LogP contribution in [0.25, 0.3) is 0 Å². The van der Waals surface area contributed by atoms with Crippen LogP contribution in [-0.2, 0) is 20.0 Å². The fraction of sp³-hybridized carbons (Fsp3) is 0.625. The summed E-state index contributed by atoms with van der Waals surface area (Å²) in [6.07, 6.45) is 5.88. The molecule has 1 aromatic rings. The van der Waals surface area contributed by atoms with Crippen LogP contribution in [0.5, 0.6) is 0 Å². The number of hydrogen-bond donors (Lipinski definition) is 3. The van der Waals surface area contributed by atoms with Crippen LogP contribution in [0, 0.1) is 6.92 Å². The van der Waals surface area contributed by atoms with Crippen molar-refractivity contribution in [3.63, 3.8) is 0 Å². The van der Waals surface area contributed by atoms with Gasteiger partial charge in [0.2, 0.25) is 20.0 Å². The lowest BCUT2D eigenvalue weighted by atomic mass is 9.92. The zero-order chi connectivity index (χ0) is 18.7. The van der Waals surface area contributed by atoms with Crippen molar-refractivity contribution >= 4 is 32.5 Å². The summed E-state index contributed by atoms with van der Waals surface area (Å²) in [7, 11) is -6.05. The monoisotopic (exact) mass is 425 g/mol. The van der Waals surface area contributed by atoms with Crippen LogP contribution in [0.15, 0.2) is 28.0 Å². The number of rotatable bonds is 6. The van der Waals surface area contributed by atoms with Crippen molar-refractivity contribution in [1.29, 1.82) is 0 Å². The largest absolute Gasteiger partial charge is 0.324 e. The Hall–Kier alpha value is -0.710. The molecule has 150 valence electrons. The van der Waals surface area contributed by atoms with Crippen molar-refractivity contribution in [2.24, 2.45) is 5.73 Å². The van der Waals surface area contributed by atoms with Crippen molar-refractivity contribution < 1.29 is 16.8 Å². The Morgan fingerprint density at radius 2 is 1.62 bits per heavy atom. The van der Waals surface area contributed by atoms with Gasteiger partial charge in [0.05, 0.1) is 9.79 Å². The van der Waals surface area contributed by atoms with Gasteiger partial charge in [-0.25, -0.2) is 26.3 Å². The fourth-order valence-corrected chi connectivity index (χ4v) is 5.31. The summed E-state index contributed by atoms with van der Waals surface area (Å²) in [4.78, 5) is 0.102. The molecule has 0 saturated heterocycles. The number of hydrogen-bond acceptors (Lipinski definition) is 5. The summed E-state index contributed by atoms with van der Waals surface area (Å²) in [5, 5.41) is 0. The Labute approximate surface area is 162 Å². The predicted molar refractivity (Wildman–Crippen MR) is 104 cm³/mol. The minimum atomic E-state index is -3.75. The van der Waals surface area contributed by atoms with E-state index in [1.807, 2.05) is 0 Å². The zero-order valence-electron chi connectivity index (χ0n) is 15.1. The van der Waals surface area contributed by atoms with Crippen LogP contribution in [0.4, 0.5) is 0 Å². The molecule has 0 radical (unpaired) electrons. The maximum Gasteiger partial charge on any atom is 0.240 e. The standard InChI is InChI=1S/C16H27N3O4S2.ClH/c1-13-11-14(7-8-15(13)25(22,23)18-2)24(20,21)19-12-16(17)9-5-3-4-6-10-16;/h7-8,11,18-19H,3-6,9-10,12,17H2,1-2H3;1H. The molecule has 0 heterocycles. The number of benzene rings is 1. The average Bonchev–Trinajstić information content (AvgIpc) is 2.78. The van der Waals surface area contributed by atoms with E-state index in [-0.39, 0.29) is 28.7 Å². The second kappa shape index (κ2) is 8.99. The van der Waals surface area contributed by atoms with E-state index in [1.54, 1.807) is 6.92 Å². The molecule has 1 saturated carbocycles. The van der Waals surface area contributed by atoms with E-state index in [9.17, 15) is 16.8 Å². The van der Waals surface area contributed by atoms with Gasteiger partial charge < -0.3 is 5.73 Å². The molecule has 1 aliphatic rings. The highest BCUT2D eigenvalue weighted by atomic mass is 35.5. The smallest absolute Gasteiger partial charge is 0.240 e. The van der Waals surface area contributed by atoms with E-state index in [0.717, 1.165) is 38.5 Å². The second-order valence-corrected chi connectivity index (χ2v) is 10.4. The van der Waals surface area contributed by atoms with E-state index in [0.29, 0.717) is 5.56 Å². The molecule has 0 spiro atoms. The molecule has 0 unspecified atom stereocenters. The summed E-state index contributed by atoms with van der Waals surface area (Å²) in [6, 6.07) is 3.97. The Bertz CT molecular complexity index is 818. The first-order valence-electron chi connectivity index (χ1n) is 8.42. The zero-order valence-corrected chi connectivity index (χ0v) is 17.6. The number of aryl methyl sites for hydroxylation is 1. The van der Waals surface area contributed by atoms with Crippen molar-refractivity contribution in [2.75, 3.05) is 13.6 Å². The van der Waals surface area contributed by atoms with Crippen molar-refractivity contribution in [3.05, 3.63) is 23.8 Å². The van der Waals surface area contributed by atoms with Gasteiger partial charge in [-0.3, -0.25) is 0 Å². The summed E-state index contributed by atoms with van der Waals surface area (Å²) in [5.41, 5.74) is 6.21. The number of nitrogens with one attached hydrogen (secondary N) is 2. The SMILES string of the molecule is CNS(=O)(=O)c1ccc(S(=O)(=O)NCC2(N)CCCCCC2)cc1C.Cl. The van der Waals surface area contributed by atoms with Crippen LogP contribution in [0.1, 0.15) is 44.1 Å². The molecular formula is C16H28ClN3O4S2. The molecule has 0 aliphatic heterocycles. The molecule has 1 fully saturated rings. The summed E-state index contributed by atoms with van der Waals surface area (Å²) in [6.45, 7) is 1.75. The Morgan fingerprint density at radius 3 is 2.12 bits per heavy atom. The van der Waals surface area contributed by atoms with Crippen LogP contribution in [-0.4, -0.2) is 36.0 Å². The molecule has 4 N–H and O–H groups in total. The minimum Gasteiger partial charge on any atom is -0.324 e. The van der Waals surface area contributed by atoms with Gasteiger partial charge in [-0.2, -0.15) is 0 Å². The fourth-order valence-electron chi connectivity index (χ4n) is 3.13. The molecule has 7 nitrogen and oxygen atoms in total. The molecule has 2 rings (SSSR count). The molecule has 26 heavy (non-hydrogen) atoms. The van der Waals surface area contributed by atoms with Gasteiger partial charge in [0.1, 0.15) is 0 Å². The third kappa shape index (κ3) is 5.64.